The molecule has 16 nitrogen and oxygen atoms in total. The molecule has 0 radical (unpaired) electrons. The molecule has 17 heteroatoms. The van der Waals surface area contributed by atoms with Crippen LogP contribution in [0.2, 0.25) is 0 Å². The van der Waals surface area contributed by atoms with Crippen molar-refractivity contribution in [2.45, 2.75) is 38.1 Å². The summed E-state index contributed by atoms with van der Waals surface area (Å²) in [6, 6.07) is -1.56. The van der Waals surface area contributed by atoms with E-state index in [4.69, 9.17) is 15.9 Å². The molecule has 0 spiro atoms. The van der Waals surface area contributed by atoms with Crippen molar-refractivity contribution in [3.63, 3.8) is 0 Å². The topological polar surface area (TPSA) is 252 Å². The highest BCUT2D eigenvalue weighted by Crippen LogP contribution is 2.19. The van der Waals surface area contributed by atoms with E-state index in [9.17, 15) is 28.4 Å². The van der Waals surface area contributed by atoms with Crippen LogP contribution in [0.4, 0.5) is 16.2 Å². The van der Waals surface area contributed by atoms with Gasteiger partial charge in [-0.2, -0.15) is 9.37 Å². The van der Waals surface area contributed by atoms with Crippen LogP contribution in [0.5, 0.6) is 0 Å². The quantitative estimate of drug-likeness (QED) is 0.180. The number of ketones is 1. The van der Waals surface area contributed by atoms with Crippen LogP contribution >= 0.6 is 0 Å². The number of Topliss-reactive ketones (excluding diaryl/α,β-unsaturated/α-hetero) is 1. The molecule has 1 aliphatic heterocycles. The van der Waals surface area contributed by atoms with E-state index in [0.29, 0.717) is 0 Å². The Labute approximate surface area is 200 Å². The van der Waals surface area contributed by atoms with Gasteiger partial charge in [-0.15, -0.1) is 0 Å². The lowest BCUT2D eigenvalue weighted by Crippen LogP contribution is -2.68. The molecular formula is C19H20FN9O7. The average Bonchev–Trinajstić information content (AvgIpc) is 2.80. The summed E-state index contributed by atoms with van der Waals surface area (Å²) in [5, 5.41) is 27.3. The van der Waals surface area contributed by atoms with Crippen LogP contribution in [-0.2, 0) is 20.9 Å². The van der Waals surface area contributed by atoms with E-state index in [0.717, 1.165) is 6.20 Å². The number of aliphatic carboxylic acids is 2. The number of hydrogen-bond donors (Lipinski definition) is 7. The van der Waals surface area contributed by atoms with Crippen LogP contribution in [-0.4, -0.2) is 71.5 Å². The zero-order chi connectivity index (χ0) is 26.6. The van der Waals surface area contributed by atoms with Gasteiger partial charge in [-0.1, -0.05) is 0 Å². The predicted molar refractivity (Wildman–Crippen MR) is 116 cm³/mol. The Bertz CT molecular complexity index is 1260. The van der Waals surface area contributed by atoms with Crippen molar-refractivity contribution < 1.29 is 38.6 Å². The third-order valence-corrected chi connectivity index (χ3v) is 4.88. The molecule has 3 heterocycles. The number of amides is 2. The van der Waals surface area contributed by atoms with Crippen LogP contribution in [0.3, 0.4) is 0 Å². The predicted octanol–water partition coefficient (Wildman–Crippen LogP) is -1.58. The van der Waals surface area contributed by atoms with Crippen LogP contribution in [0.15, 0.2) is 12.4 Å². The van der Waals surface area contributed by atoms with E-state index >= 15 is 0 Å². The molecule has 0 fully saturated rings. The Kier molecular flexibility index (Phi) is 7.33. The molecule has 2 amide bonds. The average molecular weight is 505 g/mol. The number of carboxylic acids is 2. The second-order valence-electron chi connectivity index (χ2n) is 7.55. The highest BCUT2D eigenvalue weighted by Gasteiger charge is 2.39. The first kappa shape index (κ1) is 25.8. The number of nitrogens with zero attached hydrogens (tertiary/aromatic N) is 4. The standard InChI is InChI=1S/C19H20FN9O7/c1-7(30)19(21)28-14-12(16(34)29-19)25-8(4-22-14)5-23-18-24-6-9(13(20)27-18)15(33)26-10(17(35)36)2-3-11(31)32/h4,6,10H,2-3,5,21H2,1H3,(H,22,28)(H,26,33)(H,29,34)(H,31,32)(H,35,36)(H,23,24,27)/t10-,19?/m0/s1. The normalized spacial score (nSPS) is 17.1. The summed E-state index contributed by atoms with van der Waals surface area (Å²) in [6.45, 7) is 1.07. The second-order valence-corrected chi connectivity index (χ2v) is 7.55. The summed E-state index contributed by atoms with van der Waals surface area (Å²) < 4.78 is 14.4. The van der Waals surface area contributed by atoms with Crippen molar-refractivity contribution in [2.24, 2.45) is 5.73 Å². The summed E-state index contributed by atoms with van der Waals surface area (Å²) >= 11 is 0. The summed E-state index contributed by atoms with van der Waals surface area (Å²) in [6.07, 6.45) is 1.15. The highest BCUT2D eigenvalue weighted by molar-refractivity contribution is 6.04. The number of anilines is 2. The van der Waals surface area contributed by atoms with Crippen molar-refractivity contribution >= 4 is 41.3 Å². The van der Waals surface area contributed by atoms with E-state index in [1.54, 1.807) is 0 Å². The number of nitrogens with one attached hydrogen (secondary N) is 4. The fourth-order valence-electron chi connectivity index (χ4n) is 2.92. The molecule has 36 heavy (non-hydrogen) atoms. The molecule has 2 atom stereocenters. The van der Waals surface area contributed by atoms with Gasteiger partial charge in [0, 0.05) is 19.5 Å². The van der Waals surface area contributed by atoms with E-state index in [1.807, 2.05) is 5.32 Å². The van der Waals surface area contributed by atoms with Crippen molar-refractivity contribution in [3.05, 3.63) is 35.3 Å². The van der Waals surface area contributed by atoms with Gasteiger partial charge in [-0.3, -0.25) is 24.9 Å². The van der Waals surface area contributed by atoms with Gasteiger partial charge in [0.1, 0.15) is 11.6 Å². The first-order valence-corrected chi connectivity index (χ1v) is 10.2. The van der Waals surface area contributed by atoms with Crippen molar-refractivity contribution in [1.82, 2.24) is 30.6 Å². The van der Waals surface area contributed by atoms with Crippen LogP contribution in [0.1, 0.15) is 46.3 Å². The molecule has 0 saturated carbocycles. The molecule has 8 N–H and O–H groups in total. The molecule has 1 aliphatic rings. The number of fused-ring (bicyclic) bond motifs is 1. The van der Waals surface area contributed by atoms with Gasteiger partial charge in [0.2, 0.25) is 17.7 Å². The fraction of sp³-hybridized carbons (Fsp3) is 0.316. The SMILES string of the molecule is CC(=O)C1(N)NC(=O)c2nc(CNc3ncc(C(=O)N[C@@H](CCC(=O)O)C(=O)O)c(F)n3)cnc2N1. The Hall–Kier alpha value is -4.80. The lowest BCUT2D eigenvalue weighted by molar-refractivity contribution is -0.140. The monoisotopic (exact) mass is 505 g/mol. The van der Waals surface area contributed by atoms with Crippen LogP contribution in [0, 0.1) is 5.95 Å². The van der Waals surface area contributed by atoms with E-state index < -0.39 is 65.7 Å². The van der Waals surface area contributed by atoms with Gasteiger partial charge in [-0.25, -0.2) is 19.7 Å². The Morgan fingerprint density at radius 2 is 1.89 bits per heavy atom. The lowest BCUT2D eigenvalue weighted by atomic mass is 10.1. The number of halogens is 1. The van der Waals surface area contributed by atoms with Gasteiger partial charge in [0.15, 0.2) is 17.3 Å². The molecule has 3 rings (SSSR count). The van der Waals surface area contributed by atoms with Gasteiger partial charge in [0.25, 0.3) is 11.8 Å². The van der Waals surface area contributed by atoms with Gasteiger partial charge >= 0.3 is 11.9 Å². The molecule has 2 aromatic heterocycles. The molecule has 0 aromatic carbocycles. The van der Waals surface area contributed by atoms with E-state index in [1.165, 1.54) is 13.1 Å². The minimum absolute atomic E-state index is 0.0131. The van der Waals surface area contributed by atoms with E-state index in [-0.39, 0.29) is 29.7 Å². The molecule has 2 aromatic rings. The fourth-order valence-corrected chi connectivity index (χ4v) is 2.92. The van der Waals surface area contributed by atoms with Gasteiger partial charge in [0.05, 0.1) is 18.4 Å². The zero-order valence-electron chi connectivity index (χ0n) is 18.5. The smallest absolute Gasteiger partial charge is 0.326 e. The number of rotatable bonds is 10. The first-order chi connectivity index (χ1) is 16.9. The number of nitrogens with two attached hydrogens (primary N) is 1. The summed E-state index contributed by atoms with van der Waals surface area (Å²) in [4.78, 5) is 73.4. The van der Waals surface area contributed by atoms with Crippen molar-refractivity contribution in [3.8, 4) is 0 Å². The first-order valence-electron chi connectivity index (χ1n) is 10.2. The third-order valence-electron chi connectivity index (χ3n) is 4.88. The van der Waals surface area contributed by atoms with Gasteiger partial charge in [-0.05, 0) is 6.42 Å². The Morgan fingerprint density at radius 1 is 1.17 bits per heavy atom. The summed E-state index contributed by atoms with van der Waals surface area (Å²) in [7, 11) is 0. The summed E-state index contributed by atoms with van der Waals surface area (Å²) in [5.74, 6) is -8.54. The number of carbonyl (C=O) groups is 5. The second kappa shape index (κ2) is 10.2. The molecule has 0 saturated heterocycles. The van der Waals surface area contributed by atoms with Crippen LogP contribution < -0.4 is 27.0 Å². The van der Waals surface area contributed by atoms with Crippen LogP contribution in [0.25, 0.3) is 0 Å². The molecule has 0 bridgehead atoms. The van der Waals surface area contributed by atoms with Crippen molar-refractivity contribution in [1.29, 1.82) is 0 Å². The number of aromatic nitrogens is 4. The van der Waals surface area contributed by atoms with Gasteiger partial charge < -0.3 is 31.5 Å². The Morgan fingerprint density at radius 3 is 2.50 bits per heavy atom. The van der Waals surface area contributed by atoms with Crippen molar-refractivity contribution in [2.75, 3.05) is 10.6 Å². The lowest BCUT2D eigenvalue weighted by Gasteiger charge is -2.33. The maximum Gasteiger partial charge on any atom is 0.326 e. The number of hydrogen-bond acceptors (Lipinski definition) is 12. The Balaban J connectivity index is 1.66. The molecule has 0 aliphatic carbocycles. The molecule has 1 unspecified atom stereocenters. The zero-order valence-corrected chi connectivity index (χ0v) is 18.5. The summed E-state index contributed by atoms with van der Waals surface area (Å²) in [5.41, 5.74) is 5.21. The largest absolute Gasteiger partial charge is 0.481 e. The number of carbonyl (C=O) groups excluding carboxylic acids is 3. The minimum Gasteiger partial charge on any atom is -0.481 e. The third kappa shape index (κ3) is 5.81. The maximum absolute atomic E-state index is 14.4. The molecule has 190 valence electrons. The van der Waals surface area contributed by atoms with E-state index in [2.05, 4.69) is 35.9 Å². The maximum atomic E-state index is 14.4. The minimum atomic E-state index is -1.82. The molecular weight excluding hydrogens is 485 g/mol. The number of carboxylic acid groups (broad SMARTS) is 2. The highest BCUT2D eigenvalue weighted by atomic mass is 19.1.